The second-order valence-corrected chi connectivity index (χ2v) is 4.32. The zero-order chi connectivity index (χ0) is 9.90. The Labute approximate surface area is 79.8 Å². The van der Waals surface area contributed by atoms with Gasteiger partial charge in [0.15, 0.2) is 0 Å². The van der Waals surface area contributed by atoms with Crippen molar-refractivity contribution in [1.29, 1.82) is 0 Å². The third-order valence-electron chi connectivity index (χ3n) is 2.19. The highest BCUT2D eigenvalue weighted by Crippen LogP contribution is 2.23. The highest BCUT2D eigenvalue weighted by atomic mass is 19.1. The van der Waals surface area contributed by atoms with Crippen LogP contribution in [0.3, 0.4) is 0 Å². The van der Waals surface area contributed by atoms with Gasteiger partial charge in [-0.1, -0.05) is 0 Å². The van der Waals surface area contributed by atoms with Crippen LogP contribution in [0, 0.1) is 0 Å². The average molecular weight is 186 g/mol. The summed E-state index contributed by atoms with van der Waals surface area (Å²) < 4.78 is 12.0. The number of nitrogens with one attached hydrogen (secondary N) is 1. The second-order valence-electron chi connectivity index (χ2n) is 4.32. The molecule has 0 radical (unpaired) electrons. The highest BCUT2D eigenvalue weighted by Gasteiger charge is 2.25. The van der Waals surface area contributed by atoms with Crippen LogP contribution >= 0.6 is 0 Å². The minimum atomic E-state index is -0.310. The third-order valence-corrected chi connectivity index (χ3v) is 2.19. The van der Waals surface area contributed by atoms with Gasteiger partial charge >= 0.3 is 0 Å². The molecule has 1 N–H and O–H groups in total. The number of alkyl halides is 1. The fourth-order valence-corrected chi connectivity index (χ4v) is 1.60. The summed E-state index contributed by atoms with van der Waals surface area (Å²) in [7, 11) is 0. The Bertz CT molecular complexity index is 194. The molecule has 0 unspecified atom stereocenters. The van der Waals surface area contributed by atoms with Gasteiger partial charge in [0.25, 0.3) is 0 Å². The molecule has 76 valence electrons. The van der Waals surface area contributed by atoms with Gasteiger partial charge in [-0.05, 0) is 33.3 Å². The summed E-state index contributed by atoms with van der Waals surface area (Å²) in [6.45, 7) is 7.65. The Kier molecular flexibility index (Phi) is 3.17. The van der Waals surface area contributed by atoms with E-state index in [1.807, 2.05) is 0 Å². The molecule has 0 saturated heterocycles. The first-order chi connectivity index (χ1) is 6.05. The van der Waals surface area contributed by atoms with Crippen LogP contribution in [0.5, 0.6) is 0 Å². The molecule has 0 aromatic heterocycles. The van der Waals surface area contributed by atoms with Crippen LogP contribution < -0.4 is 5.32 Å². The lowest BCUT2D eigenvalue weighted by Crippen LogP contribution is -2.43. The van der Waals surface area contributed by atoms with Crippen molar-refractivity contribution in [3.8, 4) is 0 Å². The molecule has 0 aromatic rings. The van der Waals surface area contributed by atoms with E-state index in [4.69, 9.17) is 0 Å². The van der Waals surface area contributed by atoms with Crippen LogP contribution in [0.4, 0.5) is 4.39 Å². The lowest BCUT2D eigenvalue weighted by Gasteiger charge is -2.36. The Balaban J connectivity index is 2.53. The number of hydrogen-bond donors (Lipinski definition) is 1. The molecule has 0 aliphatic carbocycles. The smallest absolute Gasteiger partial charge is 0.107 e. The molecule has 0 saturated carbocycles. The molecular weight excluding hydrogens is 167 g/mol. The van der Waals surface area contributed by atoms with Gasteiger partial charge in [-0.25, -0.2) is 4.39 Å². The van der Waals surface area contributed by atoms with E-state index in [1.54, 1.807) is 0 Å². The Morgan fingerprint density at radius 3 is 2.77 bits per heavy atom. The lowest BCUT2D eigenvalue weighted by atomic mass is 10.1. The quantitative estimate of drug-likeness (QED) is 0.724. The molecule has 1 aliphatic rings. The largest absolute Gasteiger partial charge is 0.369 e. The van der Waals surface area contributed by atoms with E-state index in [-0.39, 0.29) is 12.2 Å². The summed E-state index contributed by atoms with van der Waals surface area (Å²) in [5, 5.41) is 3.10. The molecule has 13 heavy (non-hydrogen) atoms. The van der Waals surface area contributed by atoms with E-state index >= 15 is 0 Å². The van der Waals surface area contributed by atoms with Crippen LogP contribution in [0.25, 0.3) is 0 Å². The molecule has 3 heteroatoms. The van der Waals surface area contributed by atoms with Crippen LogP contribution in [-0.4, -0.2) is 30.2 Å². The van der Waals surface area contributed by atoms with Gasteiger partial charge in [0.2, 0.25) is 0 Å². The van der Waals surface area contributed by atoms with E-state index in [9.17, 15) is 4.39 Å². The SMILES string of the molecule is CC(C)(C)N1CCC=C1NCCF. The van der Waals surface area contributed by atoms with Gasteiger partial charge in [0.05, 0.1) is 5.82 Å². The predicted molar refractivity (Wildman–Crippen MR) is 53.1 cm³/mol. The molecule has 0 spiro atoms. The minimum Gasteiger partial charge on any atom is -0.369 e. The van der Waals surface area contributed by atoms with Crippen LogP contribution in [-0.2, 0) is 0 Å². The van der Waals surface area contributed by atoms with Crippen molar-refractivity contribution in [3.05, 3.63) is 11.9 Å². The van der Waals surface area contributed by atoms with E-state index in [2.05, 4.69) is 37.1 Å². The zero-order valence-electron chi connectivity index (χ0n) is 8.73. The summed E-state index contributed by atoms with van der Waals surface area (Å²) in [6, 6.07) is 0. The molecule has 1 heterocycles. The van der Waals surface area contributed by atoms with Crippen molar-refractivity contribution in [3.63, 3.8) is 0 Å². The lowest BCUT2D eigenvalue weighted by molar-refractivity contribution is 0.189. The predicted octanol–water partition coefficient (Wildman–Crippen LogP) is 1.89. The van der Waals surface area contributed by atoms with Gasteiger partial charge in [-0.15, -0.1) is 0 Å². The van der Waals surface area contributed by atoms with Gasteiger partial charge in [-0.2, -0.15) is 0 Å². The molecule has 2 nitrogen and oxygen atoms in total. The minimum absolute atomic E-state index is 0.131. The Hall–Kier alpha value is -0.730. The molecule has 1 aliphatic heterocycles. The monoisotopic (exact) mass is 186 g/mol. The summed E-state index contributed by atoms with van der Waals surface area (Å²) in [4.78, 5) is 2.28. The van der Waals surface area contributed by atoms with E-state index < -0.39 is 0 Å². The standard InChI is InChI=1S/C10H19FN2/c1-10(2,3)13-8-4-5-9(13)12-7-6-11/h5,12H,4,6-8H2,1-3H3. The van der Waals surface area contributed by atoms with Crippen molar-refractivity contribution in [2.45, 2.75) is 32.7 Å². The molecule has 0 bridgehead atoms. The molecule has 0 atom stereocenters. The first kappa shape index (κ1) is 10.4. The maximum Gasteiger partial charge on any atom is 0.107 e. The van der Waals surface area contributed by atoms with Crippen molar-refractivity contribution in [2.75, 3.05) is 19.8 Å². The normalized spacial score (nSPS) is 17.5. The van der Waals surface area contributed by atoms with Gasteiger partial charge < -0.3 is 10.2 Å². The molecule has 1 rings (SSSR count). The summed E-state index contributed by atoms with van der Waals surface area (Å²) in [5.41, 5.74) is 0.131. The van der Waals surface area contributed by atoms with Crippen LogP contribution in [0.1, 0.15) is 27.2 Å². The first-order valence-corrected chi connectivity index (χ1v) is 4.83. The average Bonchev–Trinajstić information content (AvgIpc) is 2.47. The first-order valence-electron chi connectivity index (χ1n) is 4.83. The zero-order valence-corrected chi connectivity index (χ0v) is 8.73. The summed E-state index contributed by atoms with van der Waals surface area (Å²) >= 11 is 0. The van der Waals surface area contributed by atoms with E-state index in [0.717, 1.165) is 18.8 Å². The van der Waals surface area contributed by atoms with Crippen molar-refractivity contribution in [1.82, 2.24) is 10.2 Å². The Morgan fingerprint density at radius 1 is 1.54 bits per heavy atom. The molecule has 0 amide bonds. The molecule has 0 fully saturated rings. The third kappa shape index (κ3) is 2.61. The van der Waals surface area contributed by atoms with Crippen molar-refractivity contribution >= 4 is 0 Å². The maximum absolute atomic E-state index is 12.0. The number of hydrogen-bond acceptors (Lipinski definition) is 2. The van der Waals surface area contributed by atoms with Crippen LogP contribution in [0.2, 0.25) is 0 Å². The number of nitrogens with zero attached hydrogens (tertiary/aromatic N) is 1. The fraction of sp³-hybridized carbons (Fsp3) is 0.800. The summed E-state index contributed by atoms with van der Waals surface area (Å²) in [5.74, 6) is 1.09. The van der Waals surface area contributed by atoms with Gasteiger partial charge in [0.1, 0.15) is 6.67 Å². The molecular formula is C10H19FN2. The highest BCUT2D eigenvalue weighted by molar-refractivity contribution is 5.09. The van der Waals surface area contributed by atoms with Crippen molar-refractivity contribution < 1.29 is 4.39 Å². The second kappa shape index (κ2) is 3.99. The topological polar surface area (TPSA) is 15.3 Å². The van der Waals surface area contributed by atoms with Gasteiger partial charge in [0, 0.05) is 18.6 Å². The fourth-order valence-electron chi connectivity index (χ4n) is 1.60. The number of rotatable bonds is 3. The van der Waals surface area contributed by atoms with Gasteiger partial charge in [-0.3, -0.25) is 0 Å². The Morgan fingerprint density at radius 2 is 2.23 bits per heavy atom. The summed E-state index contributed by atoms with van der Waals surface area (Å²) in [6.07, 6.45) is 3.20. The van der Waals surface area contributed by atoms with E-state index in [1.165, 1.54) is 0 Å². The van der Waals surface area contributed by atoms with Crippen LogP contribution in [0.15, 0.2) is 11.9 Å². The van der Waals surface area contributed by atoms with E-state index in [0.29, 0.717) is 6.54 Å². The maximum atomic E-state index is 12.0. The number of halogens is 1. The van der Waals surface area contributed by atoms with Crippen molar-refractivity contribution in [2.24, 2.45) is 0 Å². The molecule has 0 aromatic carbocycles.